The van der Waals surface area contributed by atoms with Crippen LogP contribution in [0, 0.1) is 6.92 Å². The van der Waals surface area contributed by atoms with Crippen LogP contribution < -0.4 is 10.1 Å². The van der Waals surface area contributed by atoms with Gasteiger partial charge in [0.05, 0.1) is 0 Å². The Hall–Kier alpha value is -1.51. The molecule has 0 aliphatic rings. The van der Waals surface area contributed by atoms with Crippen LogP contribution in [0.5, 0.6) is 11.5 Å². The average Bonchev–Trinajstić information content (AvgIpc) is 2.41. The van der Waals surface area contributed by atoms with Gasteiger partial charge in [0, 0.05) is 22.7 Å². The second-order valence-corrected chi connectivity index (χ2v) is 6.66. The minimum Gasteiger partial charge on any atom is -0.457 e. The first-order chi connectivity index (χ1) is 9.85. The zero-order valence-corrected chi connectivity index (χ0v) is 13.8. The monoisotopic (exact) mass is 303 g/mol. The molecule has 112 valence electrons. The zero-order valence-electron chi connectivity index (χ0n) is 13.0. The van der Waals surface area contributed by atoms with Crippen molar-refractivity contribution in [3.8, 4) is 11.5 Å². The molecule has 0 aliphatic carbocycles. The third-order valence-corrected chi connectivity index (χ3v) is 3.39. The highest BCUT2D eigenvalue weighted by Gasteiger charge is 2.12. The lowest BCUT2D eigenvalue weighted by Crippen LogP contribution is -2.35. The first kappa shape index (κ1) is 15.9. The van der Waals surface area contributed by atoms with E-state index < -0.39 is 0 Å². The van der Waals surface area contributed by atoms with Gasteiger partial charge in [-0.15, -0.1) is 0 Å². The van der Waals surface area contributed by atoms with Crippen LogP contribution in [0.3, 0.4) is 0 Å². The van der Waals surface area contributed by atoms with E-state index in [1.165, 1.54) is 0 Å². The van der Waals surface area contributed by atoms with Crippen molar-refractivity contribution in [3.63, 3.8) is 0 Å². The maximum absolute atomic E-state index is 6.06. The van der Waals surface area contributed by atoms with E-state index in [9.17, 15) is 0 Å². The number of nitrogens with one attached hydrogen (secondary N) is 1. The Bertz CT molecular complexity index is 617. The number of benzene rings is 2. The van der Waals surface area contributed by atoms with E-state index in [-0.39, 0.29) is 5.54 Å². The first-order valence-corrected chi connectivity index (χ1v) is 7.50. The van der Waals surface area contributed by atoms with Crippen molar-refractivity contribution >= 4 is 11.6 Å². The summed E-state index contributed by atoms with van der Waals surface area (Å²) in [4.78, 5) is 0. The van der Waals surface area contributed by atoms with Crippen LogP contribution in [0.15, 0.2) is 42.5 Å². The summed E-state index contributed by atoms with van der Waals surface area (Å²) in [6, 6.07) is 13.8. The molecule has 0 saturated heterocycles. The van der Waals surface area contributed by atoms with E-state index in [0.29, 0.717) is 5.02 Å². The van der Waals surface area contributed by atoms with Crippen LogP contribution >= 0.6 is 11.6 Å². The van der Waals surface area contributed by atoms with Crippen LogP contribution in [0.25, 0.3) is 0 Å². The van der Waals surface area contributed by atoms with Gasteiger partial charge in [-0.2, -0.15) is 0 Å². The molecule has 0 unspecified atom stereocenters. The van der Waals surface area contributed by atoms with E-state index in [1.54, 1.807) is 0 Å². The molecule has 0 aliphatic heterocycles. The number of rotatable bonds is 4. The molecule has 0 amide bonds. The minimum atomic E-state index is 0.0685. The maximum atomic E-state index is 6.06. The van der Waals surface area contributed by atoms with Gasteiger partial charge in [-0.05, 0) is 51.5 Å². The Morgan fingerprint density at radius 3 is 2.48 bits per heavy atom. The minimum absolute atomic E-state index is 0.0685. The molecule has 2 nitrogen and oxygen atoms in total. The number of halogens is 1. The Morgan fingerprint density at radius 2 is 1.76 bits per heavy atom. The number of ether oxygens (including phenoxy) is 1. The lowest BCUT2D eigenvalue weighted by Gasteiger charge is -2.21. The van der Waals surface area contributed by atoms with Gasteiger partial charge in [-0.25, -0.2) is 0 Å². The standard InChI is InChI=1S/C18H22ClNO/c1-13-9-10-15(19)11-17(13)21-16-8-6-5-7-14(16)12-20-18(2,3)4/h5-11,20H,12H2,1-4H3. The van der Waals surface area contributed by atoms with Gasteiger partial charge in [0.2, 0.25) is 0 Å². The van der Waals surface area contributed by atoms with Gasteiger partial charge in [-0.1, -0.05) is 35.9 Å². The summed E-state index contributed by atoms with van der Waals surface area (Å²) in [7, 11) is 0. The molecule has 2 rings (SSSR count). The van der Waals surface area contributed by atoms with Crippen LogP contribution in [0.2, 0.25) is 5.02 Å². The van der Waals surface area contributed by atoms with Gasteiger partial charge in [-0.3, -0.25) is 0 Å². The SMILES string of the molecule is Cc1ccc(Cl)cc1Oc1ccccc1CNC(C)(C)C. The maximum Gasteiger partial charge on any atom is 0.131 e. The fourth-order valence-corrected chi connectivity index (χ4v) is 2.07. The molecular formula is C18H22ClNO. The van der Waals surface area contributed by atoms with E-state index in [1.807, 2.05) is 43.3 Å². The summed E-state index contributed by atoms with van der Waals surface area (Å²) in [5.74, 6) is 1.66. The molecule has 0 fully saturated rings. The molecule has 0 radical (unpaired) electrons. The zero-order chi connectivity index (χ0) is 15.5. The summed E-state index contributed by atoms with van der Waals surface area (Å²) >= 11 is 6.05. The topological polar surface area (TPSA) is 21.3 Å². The normalized spacial score (nSPS) is 11.5. The van der Waals surface area contributed by atoms with Gasteiger partial charge >= 0.3 is 0 Å². The molecule has 3 heteroatoms. The Kier molecular flexibility index (Phi) is 4.92. The molecule has 0 saturated carbocycles. The van der Waals surface area contributed by atoms with Crippen molar-refractivity contribution in [2.24, 2.45) is 0 Å². The lowest BCUT2D eigenvalue weighted by atomic mass is 10.1. The van der Waals surface area contributed by atoms with Crippen LogP contribution in [0.4, 0.5) is 0 Å². The quantitative estimate of drug-likeness (QED) is 0.824. The highest BCUT2D eigenvalue weighted by molar-refractivity contribution is 6.30. The first-order valence-electron chi connectivity index (χ1n) is 7.12. The van der Waals surface area contributed by atoms with Crippen molar-refractivity contribution in [3.05, 3.63) is 58.6 Å². The highest BCUT2D eigenvalue weighted by Crippen LogP contribution is 2.30. The molecule has 0 bridgehead atoms. The predicted molar refractivity (Wildman–Crippen MR) is 89.3 cm³/mol. The number of hydrogen-bond acceptors (Lipinski definition) is 2. The van der Waals surface area contributed by atoms with Crippen molar-refractivity contribution in [2.45, 2.75) is 39.8 Å². The molecule has 1 N–H and O–H groups in total. The molecule has 0 heterocycles. The summed E-state index contributed by atoms with van der Waals surface area (Å²) in [5.41, 5.74) is 2.27. The average molecular weight is 304 g/mol. The van der Waals surface area contributed by atoms with Crippen molar-refractivity contribution in [1.29, 1.82) is 0 Å². The molecule has 0 aromatic heterocycles. The summed E-state index contributed by atoms with van der Waals surface area (Å²) in [6.45, 7) is 9.23. The van der Waals surface area contributed by atoms with Crippen molar-refractivity contribution < 1.29 is 4.74 Å². The fourth-order valence-electron chi connectivity index (χ4n) is 1.91. The van der Waals surface area contributed by atoms with Gasteiger partial charge in [0.1, 0.15) is 11.5 Å². The third kappa shape index (κ3) is 4.76. The van der Waals surface area contributed by atoms with Crippen molar-refractivity contribution in [2.75, 3.05) is 0 Å². The van der Waals surface area contributed by atoms with E-state index in [4.69, 9.17) is 16.3 Å². The van der Waals surface area contributed by atoms with E-state index >= 15 is 0 Å². The second-order valence-electron chi connectivity index (χ2n) is 6.22. The lowest BCUT2D eigenvalue weighted by molar-refractivity contribution is 0.414. The van der Waals surface area contributed by atoms with Gasteiger partial charge in [0.15, 0.2) is 0 Å². The van der Waals surface area contributed by atoms with E-state index in [0.717, 1.165) is 29.2 Å². The van der Waals surface area contributed by atoms with E-state index in [2.05, 4.69) is 32.2 Å². The molecule has 0 atom stereocenters. The Balaban J connectivity index is 2.22. The third-order valence-electron chi connectivity index (χ3n) is 3.15. The smallest absolute Gasteiger partial charge is 0.131 e. The summed E-state index contributed by atoms with van der Waals surface area (Å²) in [6.07, 6.45) is 0. The Labute approximate surface area is 132 Å². The predicted octanol–water partition coefficient (Wildman–Crippen LogP) is 5.33. The largest absolute Gasteiger partial charge is 0.457 e. The molecular weight excluding hydrogens is 282 g/mol. The number of para-hydroxylation sites is 1. The fraction of sp³-hybridized carbons (Fsp3) is 0.333. The van der Waals surface area contributed by atoms with Gasteiger partial charge < -0.3 is 10.1 Å². The van der Waals surface area contributed by atoms with Crippen LogP contribution in [0.1, 0.15) is 31.9 Å². The van der Waals surface area contributed by atoms with Crippen molar-refractivity contribution in [1.82, 2.24) is 5.32 Å². The summed E-state index contributed by atoms with van der Waals surface area (Å²) < 4.78 is 6.06. The molecule has 2 aromatic carbocycles. The van der Waals surface area contributed by atoms with Gasteiger partial charge in [0.25, 0.3) is 0 Å². The molecule has 21 heavy (non-hydrogen) atoms. The number of aryl methyl sites for hydroxylation is 1. The van der Waals surface area contributed by atoms with Crippen LogP contribution in [-0.2, 0) is 6.54 Å². The molecule has 0 spiro atoms. The molecule has 2 aromatic rings. The van der Waals surface area contributed by atoms with Crippen LogP contribution in [-0.4, -0.2) is 5.54 Å². The second kappa shape index (κ2) is 6.50. The Morgan fingerprint density at radius 1 is 1.05 bits per heavy atom. The number of hydrogen-bond donors (Lipinski definition) is 1. The summed E-state index contributed by atoms with van der Waals surface area (Å²) in [5, 5.41) is 4.17. The highest BCUT2D eigenvalue weighted by atomic mass is 35.5.